The van der Waals surface area contributed by atoms with Crippen molar-refractivity contribution in [2.45, 2.75) is 5.41 Å². The van der Waals surface area contributed by atoms with E-state index in [0.717, 1.165) is 106 Å². The largest absolute Gasteiger partial charge is 3.00 e. The van der Waals surface area contributed by atoms with Gasteiger partial charge in [0.05, 0.1) is 0 Å². The van der Waals surface area contributed by atoms with Crippen LogP contribution in [0.4, 0.5) is 0 Å². The molecule has 3 nitrogen and oxygen atoms in total. The molecule has 2 unspecified atom stereocenters. The molecule has 11 aromatic rings. The van der Waals surface area contributed by atoms with Crippen LogP contribution in [0.2, 0.25) is 0 Å². The predicted molar refractivity (Wildman–Crippen MR) is 310 cm³/mol. The Balaban J connectivity index is 0.00000566. The summed E-state index contributed by atoms with van der Waals surface area (Å²) >= 11 is 0. The quantitative estimate of drug-likeness (QED) is 0.0957. The molecule has 0 spiro atoms. The number of benzene rings is 8. The maximum Gasteiger partial charge on any atom is 3.00 e. The molecule has 3 heterocycles. The first kappa shape index (κ1) is 47.8. The molecule has 0 radical (unpaired) electrons. The zero-order chi connectivity index (χ0) is 50.4. The number of rotatable bonds is 11. The molecule has 3 aromatic heterocycles. The first-order chi connectivity index (χ1) is 37.6. The van der Waals surface area contributed by atoms with E-state index in [2.05, 4.69) is 231 Å². The minimum absolute atomic E-state index is 0. The first-order valence-corrected chi connectivity index (χ1v) is 26.1. The summed E-state index contributed by atoms with van der Waals surface area (Å²) in [5.74, 6) is 1.63. The molecular weight excluding hydrogens is 1110 g/mol. The monoisotopic (exact) mass is 1160 g/mol. The van der Waals surface area contributed by atoms with Crippen LogP contribution >= 0.6 is 0 Å². The minimum atomic E-state index is -0.537. The molecule has 2 atom stereocenters. The summed E-state index contributed by atoms with van der Waals surface area (Å²) in [6.07, 6.45) is 21.7. The summed E-state index contributed by atoms with van der Waals surface area (Å²) in [7, 11) is 0. The summed E-state index contributed by atoms with van der Waals surface area (Å²) < 4.78 is 0. The second-order valence-corrected chi connectivity index (χ2v) is 20.0. The van der Waals surface area contributed by atoms with Crippen LogP contribution < -0.4 is 0 Å². The van der Waals surface area contributed by atoms with Crippen molar-refractivity contribution in [3.63, 3.8) is 0 Å². The number of hydrogen-bond donors (Lipinski definition) is 0. The zero-order valence-corrected chi connectivity index (χ0v) is 44.3. The maximum atomic E-state index is 5.40. The molecule has 77 heavy (non-hydrogen) atoms. The molecule has 4 heteroatoms. The fourth-order valence-electron chi connectivity index (χ4n) is 11.5. The molecule has 1 fully saturated rings. The Kier molecular flexibility index (Phi) is 12.6. The van der Waals surface area contributed by atoms with Gasteiger partial charge in [0, 0.05) is 29.8 Å². The van der Waals surface area contributed by atoms with Crippen LogP contribution in [-0.2, 0) is 25.5 Å². The fraction of sp³-hybridized carbons (Fsp3) is 0.0548. The molecule has 0 saturated heterocycles. The minimum Gasteiger partial charge on any atom is -0.480 e. The molecule has 1 saturated carbocycles. The third kappa shape index (κ3) is 9.06. The van der Waals surface area contributed by atoms with Gasteiger partial charge in [-0.25, -0.2) is 0 Å². The Morgan fingerprint density at radius 3 is 1.26 bits per heavy atom. The van der Waals surface area contributed by atoms with Crippen molar-refractivity contribution in [1.82, 2.24) is 15.0 Å². The zero-order valence-electron chi connectivity index (χ0n) is 41.9. The van der Waals surface area contributed by atoms with Crippen molar-refractivity contribution in [2.75, 3.05) is 0 Å². The van der Waals surface area contributed by atoms with Crippen LogP contribution in [0.3, 0.4) is 0 Å². The van der Waals surface area contributed by atoms with E-state index in [1.807, 2.05) is 60.9 Å². The second kappa shape index (κ2) is 20.3. The van der Waals surface area contributed by atoms with Crippen molar-refractivity contribution in [3.05, 3.63) is 297 Å². The van der Waals surface area contributed by atoms with Gasteiger partial charge in [0.2, 0.25) is 0 Å². The molecule has 15 rings (SSSR count). The number of nitrogens with zero attached hydrogens (tertiary/aromatic N) is 3. The number of aromatic nitrogens is 3. The molecule has 4 aliphatic carbocycles. The van der Waals surface area contributed by atoms with Gasteiger partial charge in [-0.15, -0.1) is 83.9 Å². The molecule has 8 aromatic carbocycles. The van der Waals surface area contributed by atoms with Gasteiger partial charge in [-0.1, -0.05) is 169 Å². The van der Waals surface area contributed by atoms with E-state index in [9.17, 15) is 0 Å². The molecule has 0 amide bonds. The summed E-state index contributed by atoms with van der Waals surface area (Å²) in [5.41, 5.74) is 21.8. The van der Waals surface area contributed by atoms with Gasteiger partial charge in [-0.05, 0) is 137 Å². The van der Waals surface area contributed by atoms with Crippen LogP contribution in [0, 0.1) is 36.0 Å². The maximum absolute atomic E-state index is 5.40. The van der Waals surface area contributed by atoms with Gasteiger partial charge in [0.15, 0.2) is 0 Å². The standard InChI is InChI=1S/C73H48N3.Ir/c1-4-16-49(17-5-1)50-28-30-51(31-29-50)68-45-72(73-39-36-65-66(37-40-73)67(65)38-41-73)76-48-69(68)64-27-15-14-26-63(64)58-43-56(61-24-12-10-22-59(61)54-32-34-70(74-46-54)52-18-6-2-7-19-52)42-57(44-58)62-25-13-11-23-60(62)55-33-35-71(75-47-55)53-20-8-3-9-21-53;/h1-18,20,22-40,42-48,65-67H;/q-3;+3. The summed E-state index contributed by atoms with van der Waals surface area (Å²) in [6.45, 7) is 0. The Bertz CT molecular complexity index is 3840. The van der Waals surface area contributed by atoms with Crippen LogP contribution in [0.15, 0.2) is 273 Å². The Hall–Kier alpha value is -8.92. The van der Waals surface area contributed by atoms with Crippen molar-refractivity contribution in [3.8, 4) is 112 Å². The molecule has 0 aliphatic heterocycles. The number of pyridine rings is 3. The molecule has 4 bridgehead atoms. The Labute approximate surface area is 464 Å². The van der Waals surface area contributed by atoms with Crippen LogP contribution in [0.5, 0.6) is 0 Å². The van der Waals surface area contributed by atoms with Gasteiger partial charge in [0.25, 0.3) is 0 Å². The summed E-state index contributed by atoms with van der Waals surface area (Å²) in [4.78, 5) is 15.3. The third-order valence-corrected chi connectivity index (χ3v) is 15.6. The van der Waals surface area contributed by atoms with Crippen LogP contribution in [0.1, 0.15) is 5.69 Å². The van der Waals surface area contributed by atoms with E-state index in [0.29, 0.717) is 17.8 Å². The van der Waals surface area contributed by atoms with Crippen molar-refractivity contribution in [2.24, 2.45) is 17.8 Å². The van der Waals surface area contributed by atoms with Gasteiger partial charge >= 0.3 is 20.1 Å². The molecule has 0 N–H and O–H groups in total. The van der Waals surface area contributed by atoms with E-state index >= 15 is 0 Å². The van der Waals surface area contributed by atoms with Crippen molar-refractivity contribution < 1.29 is 20.1 Å². The van der Waals surface area contributed by atoms with Gasteiger partial charge < -0.3 is 16.0 Å². The van der Waals surface area contributed by atoms with E-state index in [4.69, 9.17) is 15.0 Å². The summed E-state index contributed by atoms with van der Waals surface area (Å²) in [6, 6.07) is 86.4. The predicted octanol–water partition coefficient (Wildman–Crippen LogP) is 17.7. The molecule has 4 aliphatic rings. The van der Waals surface area contributed by atoms with Gasteiger partial charge in [0.1, 0.15) is 0 Å². The average molecular weight is 1160 g/mol. The summed E-state index contributed by atoms with van der Waals surface area (Å²) in [5, 5.41) is 0. The number of hydrogen-bond acceptors (Lipinski definition) is 3. The van der Waals surface area contributed by atoms with Crippen molar-refractivity contribution >= 4 is 0 Å². The molecule has 364 valence electrons. The first-order valence-electron chi connectivity index (χ1n) is 26.1. The van der Waals surface area contributed by atoms with Gasteiger partial charge in [-0.3, -0.25) is 11.1 Å². The second-order valence-electron chi connectivity index (χ2n) is 20.0. The van der Waals surface area contributed by atoms with E-state index in [1.165, 1.54) is 11.1 Å². The van der Waals surface area contributed by atoms with Crippen LogP contribution in [0.25, 0.3) is 112 Å². The van der Waals surface area contributed by atoms with Crippen molar-refractivity contribution in [1.29, 1.82) is 0 Å². The topological polar surface area (TPSA) is 38.7 Å². The average Bonchev–Trinajstić information content (AvgIpc) is 4.32. The smallest absolute Gasteiger partial charge is 0.480 e. The Morgan fingerprint density at radius 2 is 0.766 bits per heavy atom. The Morgan fingerprint density at radius 1 is 0.325 bits per heavy atom. The SMILES string of the molecule is [C-]1=CC2C3C=CC1(c1cc(-c4ccc(-c5ccccc5)cc4)c(-c4ccccc4-c4cc(-c5ccccc5-c5ccc(-c6[c-]cccc6)nc5)cc(-c5ccccc5-c5ccc(-c6[c-]cccc6)nc5)c4)cn1)C=CC23.[Ir+3]. The molecular formula is C73H48IrN3. The number of allylic oxidation sites excluding steroid dienone is 6. The van der Waals surface area contributed by atoms with Crippen LogP contribution in [-0.4, -0.2) is 15.0 Å². The van der Waals surface area contributed by atoms with E-state index in [-0.39, 0.29) is 20.1 Å². The van der Waals surface area contributed by atoms with Gasteiger partial charge in [-0.2, -0.15) is 0 Å². The van der Waals surface area contributed by atoms with E-state index < -0.39 is 5.41 Å². The normalized spacial score (nSPS) is 17.5. The van der Waals surface area contributed by atoms with E-state index in [1.54, 1.807) is 0 Å². The fourth-order valence-corrected chi connectivity index (χ4v) is 11.5. The third-order valence-electron chi connectivity index (χ3n) is 15.6.